The van der Waals surface area contributed by atoms with E-state index < -0.39 is 0 Å². The van der Waals surface area contributed by atoms with E-state index in [1.807, 2.05) is 12.4 Å². The van der Waals surface area contributed by atoms with Gasteiger partial charge in [-0.1, -0.05) is 120 Å². The van der Waals surface area contributed by atoms with Crippen LogP contribution in [0.3, 0.4) is 0 Å². The SMILES string of the molecule is CC(C)(C)c1cc(C=N[C@H]2CCCC[C@@H]2N=Cc2cc(C(C)(C)C)cc(C(C)(C)C)c2O)c(O)c(C(C)(C)C)c1.[N-]=C=S.[O]=[V]. The molecule has 0 bridgehead atoms. The number of rotatable bonds is 4. The van der Waals surface area contributed by atoms with Crippen LogP contribution in [0.4, 0.5) is 0 Å². The fraction of sp³-hybridized carbons (Fsp3) is 0.595. The molecule has 45 heavy (non-hydrogen) atoms. The first kappa shape index (κ1) is 40.6. The number of phenolic OH excluding ortho intramolecular Hbond substituents is 2. The first-order valence-electron chi connectivity index (χ1n) is 15.6. The second-order valence-electron chi connectivity index (χ2n) is 16.0. The van der Waals surface area contributed by atoms with Gasteiger partial charge in [0.1, 0.15) is 11.5 Å². The van der Waals surface area contributed by atoms with E-state index in [1.165, 1.54) is 16.3 Å². The van der Waals surface area contributed by atoms with Gasteiger partial charge in [-0.15, -0.1) is 0 Å². The van der Waals surface area contributed by atoms with Crippen molar-refractivity contribution in [1.29, 1.82) is 0 Å². The van der Waals surface area contributed by atoms with Crippen molar-refractivity contribution in [3.05, 3.63) is 63.1 Å². The molecule has 0 aromatic heterocycles. The van der Waals surface area contributed by atoms with Crippen LogP contribution in [0.2, 0.25) is 0 Å². The van der Waals surface area contributed by atoms with Crippen LogP contribution in [0.1, 0.15) is 142 Å². The molecule has 1 fully saturated rings. The molecule has 3 rings (SSSR count). The standard InChI is InChI=1S/C36H54N2O2.CNS.O.V/c1-33(2,3)25-17-23(31(39)27(19-25)35(7,8)9)21-37-29-15-13-14-16-30(29)38-22-24-18-26(34(4,5)6)20-28(32(24)40)36(10,11)12;2-1-3;;/h17-22,29-30,39-40H,13-16H2,1-12H3;;;/q;-1;;/t29-,30-;;;/m0.../s1. The minimum absolute atomic E-state index is 0.0378. The number of thiocarbonyl (C=S) groups is 1. The van der Waals surface area contributed by atoms with Crippen molar-refractivity contribution in [2.24, 2.45) is 9.98 Å². The molecule has 6 nitrogen and oxygen atoms in total. The van der Waals surface area contributed by atoms with Gasteiger partial charge in [-0.2, -0.15) is 5.16 Å². The number of hydrogen-bond donors (Lipinski definition) is 2. The van der Waals surface area contributed by atoms with Gasteiger partial charge in [0.15, 0.2) is 0 Å². The van der Waals surface area contributed by atoms with Crippen LogP contribution in [-0.2, 0) is 42.7 Å². The topological polar surface area (TPSA) is 105 Å². The molecule has 2 aromatic rings. The maximum atomic E-state index is 11.2. The average molecular weight is 672 g/mol. The second-order valence-corrected chi connectivity index (χ2v) is 16.2. The van der Waals surface area contributed by atoms with Gasteiger partial charge in [0.05, 0.1) is 12.1 Å². The number of aliphatic imine (C=N–C) groups is 2. The zero-order chi connectivity index (χ0) is 35.0. The van der Waals surface area contributed by atoms with Crippen molar-refractivity contribution >= 4 is 29.8 Å². The molecule has 2 N–H and O–H groups in total. The van der Waals surface area contributed by atoms with E-state index in [4.69, 9.17) is 19.1 Å². The molecule has 1 aliphatic carbocycles. The predicted octanol–water partition coefficient (Wildman–Crippen LogP) is 9.67. The summed E-state index contributed by atoms with van der Waals surface area (Å²) in [5, 5.41) is 30.9. The molecule has 2 atom stereocenters. The molecular weight excluding hydrogens is 617 g/mol. The zero-order valence-corrected chi connectivity index (χ0v) is 31.7. The van der Waals surface area contributed by atoms with E-state index in [9.17, 15) is 10.2 Å². The van der Waals surface area contributed by atoms with Gasteiger partial charge in [-0.3, -0.25) is 9.98 Å². The summed E-state index contributed by atoms with van der Waals surface area (Å²) >= 11 is 4.76. The number of nitrogens with zero attached hydrogens (tertiary/aromatic N) is 3. The molecule has 0 aliphatic heterocycles. The minimum atomic E-state index is -0.179. The van der Waals surface area contributed by atoms with Crippen LogP contribution in [-0.4, -0.2) is 39.9 Å². The Morgan fingerprint density at radius 2 is 0.978 bits per heavy atom. The van der Waals surface area contributed by atoms with Crippen molar-refractivity contribution in [3.8, 4) is 11.5 Å². The zero-order valence-electron chi connectivity index (χ0n) is 29.4. The summed E-state index contributed by atoms with van der Waals surface area (Å²) in [5.41, 5.74) is 5.39. The monoisotopic (exact) mass is 671 g/mol. The van der Waals surface area contributed by atoms with Gasteiger partial charge in [0, 0.05) is 34.7 Å². The summed E-state index contributed by atoms with van der Waals surface area (Å²) < 4.78 is 8.19. The second kappa shape index (κ2) is 16.4. The van der Waals surface area contributed by atoms with Gasteiger partial charge in [0.25, 0.3) is 0 Å². The molecule has 0 heterocycles. The van der Waals surface area contributed by atoms with Gasteiger partial charge in [0.2, 0.25) is 0 Å². The summed E-state index contributed by atoms with van der Waals surface area (Å²) in [6.45, 7) is 26.0. The third kappa shape index (κ3) is 11.7. The Hall–Kier alpha value is -2.44. The van der Waals surface area contributed by atoms with Gasteiger partial charge >= 0.3 is 21.0 Å². The number of benzene rings is 2. The summed E-state index contributed by atoms with van der Waals surface area (Å²) in [5.74, 6) is 0.637. The third-order valence-corrected chi connectivity index (χ3v) is 8.13. The molecule has 2 aromatic carbocycles. The summed E-state index contributed by atoms with van der Waals surface area (Å²) in [7, 11) is 0. The van der Waals surface area contributed by atoms with Crippen LogP contribution in [0, 0.1) is 0 Å². The normalized spacial score (nSPS) is 17.7. The van der Waals surface area contributed by atoms with E-state index >= 15 is 0 Å². The molecule has 247 valence electrons. The third-order valence-electron chi connectivity index (χ3n) is 8.13. The summed E-state index contributed by atoms with van der Waals surface area (Å²) in [4.78, 5) is 10.1. The Balaban J connectivity index is 0.00000191. The van der Waals surface area contributed by atoms with Gasteiger partial charge in [-0.25, -0.2) is 0 Å². The number of aromatic hydroxyl groups is 2. The van der Waals surface area contributed by atoms with Crippen molar-refractivity contribution in [1.82, 2.24) is 0 Å². The maximum absolute atomic E-state index is 11.2. The average Bonchev–Trinajstić information content (AvgIpc) is 2.91. The van der Waals surface area contributed by atoms with Crippen LogP contribution in [0.15, 0.2) is 34.3 Å². The van der Waals surface area contributed by atoms with Crippen LogP contribution < -0.4 is 0 Å². The van der Waals surface area contributed by atoms with E-state index in [1.54, 1.807) is 0 Å². The molecule has 0 amide bonds. The fourth-order valence-corrected chi connectivity index (χ4v) is 5.31. The molecule has 0 radical (unpaired) electrons. The van der Waals surface area contributed by atoms with Crippen molar-refractivity contribution in [3.63, 3.8) is 0 Å². The molecule has 8 heteroatoms. The molecule has 0 unspecified atom stereocenters. The predicted molar refractivity (Wildman–Crippen MR) is 189 cm³/mol. The van der Waals surface area contributed by atoms with Crippen molar-refractivity contribution < 1.29 is 31.3 Å². The van der Waals surface area contributed by atoms with E-state index in [-0.39, 0.29) is 33.7 Å². The fourth-order valence-electron chi connectivity index (χ4n) is 5.31. The summed E-state index contributed by atoms with van der Waals surface area (Å²) in [6, 6.07) is 8.53. The van der Waals surface area contributed by atoms with Crippen molar-refractivity contribution in [2.45, 2.75) is 143 Å². The Labute approximate surface area is 287 Å². The first-order chi connectivity index (χ1) is 20.6. The molecule has 1 aliphatic rings. The van der Waals surface area contributed by atoms with Crippen molar-refractivity contribution in [2.75, 3.05) is 0 Å². The number of phenols is 2. The Bertz CT molecular complexity index is 1280. The molecule has 0 saturated heterocycles. The van der Waals surface area contributed by atoms with E-state index in [0.717, 1.165) is 65.3 Å². The summed E-state index contributed by atoms with van der Waals surface area (Å²) in [6.07, 6.45) is 7.90. The van der Waals surface area contributed by atoms with Crippen LogP contribution in [0.5, 0.6) is 11.5 Å². The molecule has 0 spiro atoms. The number of hydrogen-bond acceptors (Lipinski definition) is 6. The van der Waals surface area contributed by atoms with Crippen LogP contribution in [0.25, 0.3) is 5.41 Å². The number of isothiocyanates is 1. The van der Waals surface area contributed by atoms with E-state index in [0.29, 0.717) is 11.5 Å². The van der Waals surface area contributed by atoms with E-state index in [2.05, 4.69) is 120 Å². The first-order valence-corrected chi connectivity index (χ1v) is 16.6. The van der Waals surface area contributed by atoms with Gasteiger partial charge < -0.3 is 15.6 Å². The Kier molecular flexibility index (Phi) is 14.8. The molecule has 1 saturated carbocycles. The Morgan fingerprint density at radius 1 is 0.689 bits per heavy atom. The molecular formula is C37H54N3O3SV-. The van der Waals surface area contributed by atoms with Crippen LogP contribution >= 0.6 is 12.2 Å². The quantitative estimate of drug-likeness (QED) is 0.249. The Morgan fingerprint density at radius 3 is 1.22 bits per heavy atom. The van der Waals surface area contributed by atoms with Gasteiger partial charge in [-0.05, 0) is 57.8 Å².